The minimum Gasteiger partial charge on any atom is -0.358 e. The van der Waals surface area contributed by atoms with Gasteiger partial charge < -0.3 is 4.98 Å². The Bertz CT molecular complexity index is 1380. The molecule has 34 heavy (non-hydrogen) atoms. The van der Waals surface area contributed by atoms with Gasteiger partial charge in [-0.3, -0.25) is 25.2 Å². The van der Waals surface area contributed by atoms with Crippen LogP contribution < -0.4 is 10.9 Å². The summed E-state index contributed by atoms with van der Waals surface area (Å²) in [6.07, 6.45) is 0. The number of H-pyrrole nitrogens is 1. The molecule has 0 radical (unpaired) electrons. The van der Waals surface area contributed by atoms with Crippen LogP contribution in [0, 0.1) is 20.8 Å². The van der Waals surface area contributed by atoms with E-state index in [9.17, 15) is 14.4 Å². The van der Waals surface area contributed by atoms with Crippen molar-refractivity contribution in [3.63, 3.8) is 0 Å². The highest BCUT2D eigenvalue weighted by Gasteiger charge is 2.23. The zero-order valence-corrected chi connectivity index (χ0v) is 19.7. The summed E-state index contributed by atoms with van der Waals surface area (Å²) in [5.74, 6) is -1.51. The molecule has 2 aromatic carbocycles. The highest BCUT2D eigenvalue weighted by atomic mass is 32.2. The number of hydrogen-bond donors (Lipinski definition) is 3. The van der Waals surface area contributed by atoms with Crippen molar-refractivity contribution >= 4 is 40.3 Å². The smallest absolute Gasteiger partial charge is 0.310 e. The van der Waals surface area contributed by atoms with Gasteiger partial charge in [-0.05, 0) is 50.6 Å². The van der Waals surface area contributed by atoms with E-state index in [1.165, 1.54) is 11.8 Å². The van der Waals surface area contributed by atoms with Crippen molar-refractivity contribution < 1.29 is 14.4 Å². The summed E-state index contributed by atoms with van der Waals surface area (Å²) in [6, 6.07) is 16.1. The Morgan fingerprint density at radius 3 is 2.29 bits per heavy atom. The number of Topliss-reactive ketones (excluding diaryl/α,β-unsaturated/α-hetero) is 1. The summed E-state index contributed by atoms with van der Waals surface area (Å²) in [4.78, 5) is 49.4. The zero-order valence-electron chi connectivity index (χ0n) is 18.9. The average Bonchev–Trinajstić information content (AvgIpc) is 3.15. The van der Waals surface area contributed by atoms with Crippen molar-refractivity contribution in [1.29, 1.82) is 0 Å². The van der Waals surface area contributed by atoms with Gasteiger partial charge in [0.2, 0.25) is 0 Å². The quantitative estimate of drug-likeness (QED) is 0.129. The molecule has 0 spiro atoms. The van der Waals surface area contributed by atoms with E-state index in [0.29, 0.717) is 27.6 Å². The lowest BCUT2D eigenvalue weighted by atomic mass is 10.1. The molecule has 2 aromatic heterocycles. The van der Waals surface area contributed by atoms with Crippen LogP contribution in [0.1, 0.15) is 43.4 Å². The fraction of sp³-hybridized carbons (Fsp3) is 0.160. The van der Waals surface area contributed by atoms with Gasteiger partial charge in [-0.2, -0.15) is 0 Å². The number of aryl methyl sites for hydroxylation is 3. The summed E-state index contributed by atoms with van der Waals surface area (Å²) in [5, 5.41) is 1.36. The maximum absolute atomic E-state index is 12.7. The topological polar surface area (TPSA) is 117 Å². The third kappa shape index (κ3) is 5.15. The number of hydrazine groups is 1. The largest absolute Gasteiger partial charge is 0.358 e. The van der Waals surface area contributed by atoms with E-state index in [0.717, 1.165) is 22.5 Å². The number of fused-ring (bicyclic) bond motifs is 1. The third-order valence-corrected chi connectivity index (χ3v) is 6.08. The monoisotopic (exact) mass is 473 g/mol. The molecule has 0 saturated carbocycles. The van der Waals surface area contributed by atoms with Crippen molar-refractivity contribution in [2.45, 2.75) is 31.7 Å². The predicted octanol–water partition coefficient (Wildman–Crippen LogP) is 3.82. The van der Waals surface area contributed by atoms with Gasteiger partial charge in [0, 0.05) is 39.3 Å². The summed E-state index contributed by atoms with van der Waals surface area (Å²) in [7, 11) is 0. The van der Waals surface area contributed by atoms with Gasteiger partial charge in [0.1, 0.15) is 0 Å². The number of aromatic nitrogens is 3. The van der Waals surface area contributed by atoms with Crippen LogP contribution in [0.5, 0.6) is 0 Å². The van der Waals surface area contributed by atoms with Gasteiger partial charge >= 0.3 is 5.91 Å². The van der Waals surface area contributed by atoms with Gasteiger partial charge in [0.25, 0.3) is 11.7 Å². The molecular formula is C25H23N5O3S. The maximum atomic E-state index is 12.7. The number of carbonyl (C=O) groups is 3. The molecular weight excluding hydrogens is 450 g/mol. The molecule has 0 aliphatic rings. The number of carbonyl (C=O) groups excluding carboxylic acids is 3. The lowest BCUT2D eigenvalue weighted by Gasteiger charge is -2.08. The molecule has 0 fully saturated rings. The van der Waals surface area contributed by atoms with Crippen LogP contribution in [0.15, 0.2) is 59.8 Å². The number of nitrogens with zero attached hydrogens (tertiary/aromatic N) is 2. The Hall–Kier alpha value is -3.98. The molecule has 2 amide bonds. The maximum Gasteiger partial charge on any atom is 0.310 e. The first-order valence-corrected chi connectivity index (χ1v) is 11.6. The lowest BCUT2D eigenvalue weighted by molar-refractivity contribution is -0.117. The zero-order chi connectivity index (χ0) is 24.2. The Morgan fingerprint density at radius 1 is 0.912 bits per heavy atom. The number of amides is 2. The van der Waals surface area contributed by atoms with Crippen molar-refractivity contribution in [3.05, 3.63) is 88.4 Å². The average molecular weight is 474 g/mol. The summed E-state index contributed by atoms with van der Waals surface area (Å²) in [5.41, 5.74) is 9.35. The number of thioether (sulfide) groups is 1. The molecule has 4 aromatic rings. The van der Waals surface area contributed by atoms with E-state index < -0.39 is 17.6 Å². The number of para-hydroxylation sites is 1. The molecule has 0 aliphatic carbocycles. The third-order valence-electron chi connectivity index (χ3n) is 5.16. The fourth-order valence-electron chi connectivity index (χ4n) is 3.58. The Balaban J connectivity index is 1.34. The van der Waals surface area contributed by atoms with E-state index in [2.05, 4.69) is 25.8 Å². The molecule has 0 atom stereocenters. The number of aromatic amines is 1. The van der Waals surface area contributed by atoms with Gasteiger partial charge in [-0.1, -0.05) is 42.1 Å². The second-order valence-corrected chi connectivity index (χ2v) is 8.77. The molecule has 0 bridgehead atoms. The predicted molar refractivity (Wildman–Crippen MR) is 130 cm³/mol. The first kappa shape index (κ1) is 23.2. The number of ketones is 1. The van der Waals surface area contributed by atoms with E-state index in [1.54, 1.807) is 31.2 Å². The molecule has 9 heteroatoms. The molecule has 4 rings (SSSR count). The van der Waals surface area contributed by atoms with Crippen LogP contribution in [0.3, 0.4) is 0 Å². The minimum atomic E-state index is -0.914. The second kappa shape index (κ2) is 9.88. The number of nitrogens with one attached hydrogen (secondary N) is 3. The minimum absolute atomic E-state index is 0.289. The van der Waals surface area contributed by atoms with E-state index in [1.807, 2.05) is 44.2 Å². The highest BCUT2D eigenvalue weighted by molar-refractivity contribution is 7.98. The number of benzene rings is 2. The number of hydrogen-bond acceptors (Lipinski definition) is 6. The summed E-state index contributed by atoms with van der Waals surface area (Å²) in [6.45, 7) is 5.59. The van der Waals surface area contributed by atoms with Crippen molar-refractivity contribution in [2.24, 2.45) is 0 Å². The van der Waals surface area contributed by atoms with Crippen LogP contribution in [0.25, 0.3) is 10.9 Å². The first-order valence-electron chi connectivity index (χ1n) is 10.6. The summed E-state index contributed by atoms with van der Waals surface area (Å²) >= 11 is 1.51. The van der Waals surface area contributed by atoms with Gasteiger partial charge in [-0.25, -0.2) is 9.97 Å². The molecule has 0 unspecified atom stereocenters. The normalized spacial score (nSPS) is 10.8. The SMILES string of the molecule is Cc1cc(C)nc(SCc2ccc(C(=O)NNC(=O)C(=O)c3c(C)[nH]c4ccccc34)cc2)n1. The van der Waals surface area contributed by atoms with Crippen LogP contribution >= 0.6 is 11.8 Å². The summed E-state index contributed by atoms with van der Waals surface area (Å²) < 4.78 is 0. The van der Waals surface area contributed by atoms with Gasteiger partial charge in [0.15, 0.2) is 5.16 Å². The number of rotatable bonds is 6. The Kier molecular flexibility index (Phi) is 6.74. The van der Waals surface area contributed by atoms with Crippen LogP contribution in [-0.2, 0) is 10.5 Å². The molecule has 0 aliphatic heterocycles. The molecule has 0 saturated heterocycles. The van der Waals surface area contributed by atoms with Gasteiger partial charge in [-0.15, -0.1) is 0 Å². The molecule has 3 N–H and O–H groups in total. The molecule has 2 heterocycles. The van der Waals surface area contributed by atoms with E-state index >= 15 is 0 Å². The van der Waals surface area contributed by atoms with Crippen molar-refractivity contribution in [1.82, 2.24) is 25.8 Å². The Morgan fingerprint density at radius 2 is 1.59 bits per heavy atom. The van der Waals surface area contributed by atoms with Crippen LogP contribution in [0.2, 0.25) is 0 Å². The standard InChI is InChI=1S/C25H23N5O3S/c1-14-12-15(2)27-25(26-14)34-13-17-8-10-18(11-9-17)23(32)29-30-24(33)22(31)21-16(3)28-20-7-5-4-6-19(20)21/h4-12,28H,13H2,1-3H3,(H,29,32)(H,30,33). The van der Waals surface area contributed by atoms with Crippen molar-refractivity contribution in [2.75, 3.05) is 0 Å². The van der Waals surface area contributed by atoms with E-state index in [4.69, 9.17) is 0 Å². The fourth-order valence-corrected chi connectivity index (χ4v) is 4.49. The van der Waals surface area contributed by atoms with Crippen molar-refractivity contribution in [3.8, 4) is 0 Å². The molecule has 172 valence electrons. The van der Waals surface area contributed by atoms with Crippen LogP contribution in [0.4, 0.5) is 0 Å². The second-order valence-electron chi connectivity index (χ2n) is 7.83. The lowest BCUT2D eigenvalue weighted by Crippen LogP contribution is -2.45. The van der Waals surface area contributed by atoms with Gasteiger partial charge in [0.05, 0.1) is 5.56 Å². The highest BCUT2D eigenvalue weighted by Crippen LogP contribution is 2.22. The molecule has 8 nitrogen and oxygen atoms in total. The first-order chi connectivity index (χ1) is 16.3. The van der Waals surface area contributed by atoms with Crippen LogP contribution in [-0.4, -0.2) is 32.5 Å². The van der Waals surface area contributed by atoms with E-state index in [-0.39, 0.29) is 5.56 Å². The Labute approximate surface area is 200 Å².